The van der Waals surface area contributed by atoms with Crippen LogP contribution >= 0.6 is 0 Å². The second-order valence-corrected chi connectivity index (χ2v) is 3.49. The van der Waals surface area contributed by atoms with Crippen molar-refractivity contribution in [1.82, 2.24) is 0 Å². The lowest BCUT2D eigenvalue weighted by Crippen LogP contribution is -2.44. The van der Waals surface area contributed by atoms with E-state index in [1.54, 1.807) is 20.8 Å². The van der Waals surface area contributed by atoms with E-state index in [2.05, 4.69) is 14.2 Å². The predicted octanol–water partition coefficient (Wildman–Crippen LogP) is -0.578. The van der Waals surface area contributed by atoms with Crippen LogP contribution in [0.1, 0.15) is 20.8 Å². The minimum atomic E-state index is -1.87. The molecule has 0 aliphatic carbocycles. The third-order valence-electron chi connectivity index (χ3n) is 2.02. The van der Waals surface area contributed by atoms with E-state index < -0.39 is 36.7 Å². The van der Waals surface area contributed by atoms with Crippen molar-refractivity contribution >= 4 is 17.9 Å². The molecule has 20 heavy (non-hydrogen) atoms. The minimum absolute atomic E-state index is 0.0311. The summed E-state index contributed by atoms with van der Waals surface area (Å²) in [4.78, 5) is 34.1. The van der Waals surface area contributed by atoms with Crippen molar-refractivity contribution in [2.24, 2.45) is 0 Å². The first-order valence-electron chi connectivity index (χ1n) is 6.26. The Morgan fingerprint density at radius 1 is 0.900 bits per heavy atom. The van der Waals surface area contributed by atoms with Gasteiger partial charge < -0.3 is 24.1 Å². The fourth-order valence-electron chi connectivity index (χ4n) is 1.22. The molecule has 8 heteroatoms. The lowest BCUT2D eigenvalue weighted by Gasteiger charge is -2.19. The molecule has 1 N–H and O–H groups in total. The topological polar surface area (TPSA) is 108 Å². The molecule has 0 spiro atoms. The summed E-state index contributed by atoms with van der Waals surface area (Å²) in [7, 11) is 0. The molecule has 0 bridgehead atoms. The Morgan fingerprint density at radius 3 is 1.90 bits per heavy atom. The number of rotatable bonds is 9. The summed E-state index contributed by atoms with van der Waals surface area (Å²) in [6.45, 7) is 4.33. The fourth-order valence-corrected chi connectivity index (χ4v) is 1.22. The number of hydrogen-bond acceptors (Lipinski definition) is 8. The molecular weight excluding hydrogens is 272 g/mol. The molecule has 0 aromatic heterocycles. The standard InChI is InChI=1S/C12H20O8/c1-4-17-8(13)7-20-10(12(16)19-6-3)9(14)11(15)18-5-2/h9-10,14H,4-7H2,1-3H3. The minimum Gasteiger partial charge on any atom is -0.464 e. The monoisotopic (exact) mass is 292 g/mol. The average molecular weight is 292 g/mol. The van der Waals surface area contributed by atoms with Crippen LogP contribution in [0.2, 0.25) is 0 Å². The zero-order valence-electron chi connectivity index (χ0n) is 11.8. The molecule has 0 aliphatic rings. The van der Waals surface area contributed by atoms with Crippen LogP contribution in [0.3, 0.4) is 0 Å². The first-order valence-corrected chi connectivity index (χ1v) is 6.26. The molecule has 116 valence electrons. The molecule has 0 aliphatic heterocycles. The third-order valence-corrected chi connectivity index (χ3v) is 2.02. The van der Waals surface area contributed by atoms with Gasteiger partial charge in [0.2, 0.25) is 0 Å². The maximum absolute atomic E-state index is 11.6. The lowest BCUT2D eigenvalue weighted by molar-refractivity contribution is -0.181. The second-order valence-electron chi connectivity index (χ2n) is 3.49. The van der Waals surface area contributed by atoms with Crippen molar-refractivity contribution in [2.75, 3.05) is 26.4 Å². The van der Waals surface area contributed by atoms with Gasteiger partial charge in [0.15, 0.2) is 12.2 Å². The normalized spacial score (nSPS) is 13.2. The molecular formula is C12H20O8. The summed E-state index contributed by atoms with van der Waals surface area (Å²) in [5.41, 5.74) is 0. The van der Waals surface area contributed by atoms with Crippen LogP contribution in [-0.2, 0) is 33.3 Å². The quantitative estimate of drug-likeness (QED) is 0.444. The Bertz CT molecular complexity index is 327. The largest absolute Gasteiger partial charge is 0.464 e. The Kier molecular flexibility index (Phi) is 9.31. The molecule has 0 aromatic carbocycles. The van der Waals surface area contributed by atoms with E-state index in [9.17, 15) is 19.5 Å². The molecule has 0 amide bonds. The zero-order chi connectivity index (χ0) is 15.5. The SMILES string of the molecule is CCOC(=O)COC(C(=O)OCC)C(O)C(=O)OCC. The van der Waals surface area contributed by atoms with E-state index in [1.807, 2.05) is 0 Å². The molecule has 2 atom stereocenters. The molecule has 8 nitrogen and oxygen atoms in total. The summed E-state index contributed by atoms with van der Waals surface area (Å²) in [5.74, 6) is -2.72. The molecule has 0 fully saturated rings. The van der Waals surface area contributed by atoms with Crippen LogP contribution in [-0.4, -0.2) is 61.6 Å². The number of esters is 3. The van der Waals surface area contributed by atoms with Crippen LogP contribution < -0.4 is 0 Å². The van der Waals surface area contributed by atoms with Gasteiger partial charge in [0.25, 0.3) is 0 Å². The molecule has 0 radical (unpaired) electrons. The Balaban J connectivity index is 4.67. The van der Waals surface area contributed by atoms with E-state index >= 15 is 0 Å². The van der Waals surface area contributed by atoms with E-state index in [4.69, 9.17) is 4.74 Å². The molecule has 0 aromatic rings. The third kappa shape index (κ3) is 6.48. The second kappa shape index (κ2) is 10.2. The maximum atomic E-state index is 11.6. The van der Waals surface area contributed by atoms with Gasteiger partial charge in [0, 0.05) is 0 Å². The van der Waals surface area contributed by atoms with E-state index in [0.29, 0.717) is 0 Å². The summed E-state index contributed by atoms with van der Waals surface area (Å²) in [6, 6.07) is 0. The van der Waals surface area contributed by atoms with Gasteiger partial charge in [0.05, 0.1) is 19.8 Å². The maximum Gasteiger partial charge on any atom is 0.338 e. The van der Waals surface area contributed by atoms with Crippen molar-refractivity contribution < 1.29 is 38.4 Å². The van der Waals surface area contributed by atoms with Crippen LogP contribution in [0.15, 0.2) is 0 Å². The first kappa shape index (κ1) is 18.3. The molecule has 0 saturated carbocycles. The summed E-state index contributed by atoms with van der Waals surface area (Å²) in [6.07, 6.45) is -3.51. The van der Waals surface area contributed by atoms with Crippen LogP contribution in [0.4, 0.5) is 0 Å². The smallest absolute Gasteiger partial charge is 0.338 e. The molecule has 0 heterocycles. The van der Waals surface area contributed by atoms with E-state index in [-0.39, 0.29) is 19.8 Å². The van der Waals surface area contributed by atoms with Gasteiger partial charge >= 0.3 is 17.9 Å². The van der Waals surface area contributed by atoms with Crippen molar-refractivity contribution in [3.8, 4) is 0 Å². The van der Waals surface area contributed by atoms with Gasteiger partial charge in [0.1, 0.15) is 6.61 Å². The number of ether oxygens (including phenoxy) is 4. The summed E-state index contributed by atoms with van der Waals surface area (Å²) in [5, 5.41) is 9.70. The highest BCUT2D eigenvalue weighted by Crippen LogP contribution is 2.06. The highest BCUT2D eigenvalue weighted by Gasteiger charge is 2.36. The van der Waals surface area contributed by atoms with Crippen molar-refractivity contribution in [1.29, 1.82) is 0 Å². The van der Waals surface area contributed by atoms with Gasteiger partial charge in [-0.3, -0.25) is 0 Å². The Hall–Kier alpha value is -1.67. The van der Waals surface area contributed by atoms with Crippen molar-refractivity contribution in [2.45, 2.75) is 33.0 Å². The number of aliphatic hydroxyl groups excluding tert-OH is 1. The average Bonchev–Trinajstić information content (AvgIpc) is 2.39. The van der Waals surface area contributed by atoms with E-state index in [1.165, 1.54) is 0 Å². The number of carbonyl (C=O) groups is 3. The lowest BCUT2D eigenvalue weighted by atomic mass is 10.2. The van der Waals surface area contributed by atoms with E-state index in [0.717, 1.165) is 0 Å². The molecule has 2 unspecified atom stereocenters. The van der Waals surface area contributed by atoms with Gasteiger partial charge in [-0.15, -0.1) is 0 Å². The fraction of sp³-hybridized carbons (Fsp3) is 0.750. The number of aliphatic hydroxyl groups is 1. The highest BCUT2D eigenvalue weighted by molar-refractivity contribution is 5.85. The van der Waals surface area contributed by atoms with Gasteiger partial charge in [-0.05, 0) is 20.8 Å². The number of carbonyl (C=O) groups excluding carboxylic acids is 3. The van der Waals surface area contributed by atoms with Crippen LogP contribution in [0.5, 0.6) is 0 Å². The van der Waals surface area contributed by atoms with Crippen LogP contribution in [0.25, 0.3) is 0 Å². The van der Waals surface area contributed by atoms with Gasteiger partial charge in [-0.1, -0.05) is 0 Å². The zero-order valence-corrected chi connectivity index (χ0v) is 11.8. The highest BCUT2D eigenvalue weighted by atomic mass is 16.6. The predicted molar refractivity (Wildman–Crippen MR) is 65.6 cm³/mol. The summed E-state index contributed by atoms with van der Waals surface area (Å²) >= 11 is 0. The van der Waals surface area contributed by atoms with Crippen LogP contribution in [0, 0.1) is 0 Å². The Labute approximate surface area is 116 Å². The van der Waals surface area contributed by atoms with Gasteiger partial charge in [-0.2, -0.15) is 0 Å². The van der Waals surface area contributed by atoms with Crippen molar-refractivity contribution in [3.05, 3.63) is 0 Å². The number of hydrogen-bond donors (Lipinski definition) is 1. The molecule has 0 rings (SSSR count). The molecule has 0 saturated heterocycles. The van der Waals surface area contributed by atoms with Crippen molar-refractivity contribution in [3.63, 3.8) is 0 Å². The first-order chi connectivity index (χ1) is 9.47. The summed E-state index contributed by atoms with van der Waals surface area (Å²) < 4.78 is 18.7. The Morgan fingerprint density at radius 2 is 1.40 bits per heavy atom. The van der Waals surface area contributed by atoms with Gasteiger partial charge in [-0.25, -0.2) is 14.4 Å².